The summed E-state index contributed by atoms with van der Waals surface area (Å²) >= 11 is 5.34. The minimum Gasteiger partial charge on any atom is -0.368 e. The van der Waals surface area contributed by atoms with Crippen LogP contribution >= 0.6 is 11.6 Å². The van der Waals surface area contributed by atoms with Crippen LogP contribution in [-0.4, -0.2) is 36.2 Å². The van der Waals surface area contributed by atoms with Gasteiger partial charge in [0.25, 0.3) is 5.91 Å². The smallest absolute Gasteiger partial charge is 0.251 e. The largest absolute Gasteiger partial charge is 0.368 e. The zero-order valence-corrected chi connectivity index (χ0v) is 12.2. The van der Waals surface area contributed by atoms with E-state index in [1.54, 1.807) is 30.3 Å². The zero-order chi connectivity index (χ0) is 15.7. The molecule has 0 unspecified atom stereocenters. The summed E-state index contributed by atoms with van der Waals surface area (Å²) in [6.45, 7) is 0.372. The topological polar surface area (TPSA) is 101 Å². The van der Waals surface area contributed by atoms with Gasteiger partial charge in [-0.2, -0.15) is 0 Å². The molecule has 0 spiro atoms. The van der Waals surface area contributed by atoms with E-state index in [1.807, 2.05) is 0 Å². The van der Waals surface area contributed by atoms with Gasteiger partial charge in [0.1, 0.15) is 11.9 Å². The Labute approximate surface area is 128 Å². The number of amides is 3. The van der Waals surface area contributed by atoms with E-state index in [2.05, 4.69) is 10.6 Å². The second-order valence-electron chi connectivity index (χ2n) is 4.42. The quantitative estimate of drug-likeness (QED) is 0.478. The number of hydrogen-bond acceptors (Lipinski definition) is 3. The number of benzene rings is 1. The van der Waals surface area contributed by atoms with Gasteiger partial charge >= 0.3 is 0 Å². The summed E-state index contributed by atoms with van der Waals surface area (Å²) in [6, 6.07) is 7.78. The maximum atomic E-state index is 11.9. The third-order valence-corrected chi connectivity index (χ3v) is 3.04. The summed E-state index contributed by atoms with van der Waals surface area (Å²) in [5, 5.41) is 5.16. The fourth-order valence-corrected chi connectivity index (χ4v) is 1.79. The number of hydrogen-bond donors (Lipinski definition) is 3. The minimum atomic E-state index is -0.773. The first-order valence-corrected chi connectivity index (χ1v) is 7.06. The molecule has 21 heavy (non-hydrogen) atoms. The van der Waals surface area contributed by atoms with Crippen molar-refractivity contribution in [1.29, 1.82) is 0 Å². The number of carbonyl (C=O) groups excluding carboxylic acids is 3. The molecule has 114 valence electrons. The number of carbonyl (C=O) groups is 3. The van der Waals surface area contributed by atoms with E-state index >= 15 is 0 Å². The molecule has 0 aliphatic rings. The molecule has 1 atom stereocenters. The molecule has 1 aromatic carbocycles. The van der Waals surface area contributed by atoms with Crippen LogP contribution in [-0.2, 0) is 9.59 Å². The molecule has 0 saturated carbocycles. The normalized spacial score (nSPS) is 11.5. The molecular weight excluding hydrogens is 294 g/mol. The van der Waals surface area contributed by atoms with Gasteiger partial charge < -0.3 is 16.4 Å². The standard InChI is InChI=1S/C14H18ClN3O3/c15-9-12(19)17-8-4-7-11(13(16)20)18-14(21)10-5-2-1-3-6-10/h1-3,5-6,11H,4,7-9H2,(H2,16,20)(H,17,19)(H,18,21)/t11-/m1/s1. The molecule has 3 amide bonds. The molecule has 1 aromatic rings. The van der Waals surface area contributed by atoms with Gasteiger partial charge in [-0.25, -0.2) is 0 Å². The van der Waals surface area contributed by atoms with Gasteiger partial charge in [-0.3, -0.25) is 14.4 Å². The first kappa shape index (κ1) is 17.0. The average molecular weight is 312 g/mol. The predicted octanol–water partition coefficient (Wildman–Crippen LogP) is 0.406. The second kappa shape index (κ2) is 8.97. The van der Waals surface area contributed by atoms with Gasteiger partial charge in [-0.05, 0) is 25.0 Å². The lowest BCUT2D eigenvalue weighted by molar-refractivity contribution is -0.120. The van der Waals surface area contributed by atoms with Crippen molar-refractivity contribution < 1.29 is 14.4 Å². The molecule has 0 aromatic heterocycles. The Hall–Kier alpha value is -2.08. The monoisotopic (exact) mass is 311 g/mol. The van der Waals surface area contributed by atoms with Crippen LogP contribution in [0.25, 0.3) is 0 Å². The second-order valence-corrected chi connectivity index (χ2v) is 4.69. The first-order valence-electron chi connectivity index (χ1n) is 6.52. The molecule has 0 bridgehead atoms. The van der Waals surface area contributed by atoms with Crippen molar-refractivity contribution in [3.05, 3.63) is 35.9 Å². The summed E-state index contributed by atoms with van der Waals surface area (Å²) in [6.07, 6.45) is 0.849. The average Bonchev–Trinajstić information content (AvgIpc) is 2.50. The van der Waals surface area contributed by atoms with Crippen molar-refractivity contribution in [2.24, 2.45) is 5.73 Å². The molecule has 0 saturated heterocycles. The van der Waals surface area contributed by atoms with Crippen LogP contribution in [0.15, 0.2) is 30.3 Å². The van der Waals surface area contributed by atoms with Gasteiger partial charge in [0, 0.05) is 12.1 Å². The minimum absolute atomic E-state index is 0.107. The van der Waals surface area contributed by atoms with Crippen molar-refractivity contribution >= 4 is 29.3 Å². The van der Waals surface area contributed by atoms with Gasteiger partial charge in [-0.1, -0.05) is 18.2 Å². The van der Waals surface area contributed by atoms with E-state index in [0.29, 0.717) is 24.9 Å². The van der Waals surface area contributed by atoms with Crippen LogP contribution in [0.2, 0.25) is 0 Å². The summed E-state index contributed by atoms with van der Waals surface area (Å²) in [5.41, 5.74) is 5.73. The van der Waals surface area contributed by atoms with Gasteiger partial charge in [0.2, 0.25) is 11.8 Å². The Morgan fingerprint density at radius 1 is 1.19 bits per heavy atom. The number of alkyl halides is 1. The molecular formula is C14H18ClN3O3. The van der Waals surface area contributed by atoms with Gasteiger partial charge in [-0.15, -0.1) is 11.6 Å². The molecule has 0 fully saturated rings. The summed E-state index contributed by atoms with van der Waals surface area (Å²) in [4.78, 5) is 34.2. The van der Waals surface area contributed by atoms with Crippen molar-refractivity contribution in [3.63, 3.8) is 0 Å². The van der Waals surface area contributed by atoms with E-state index in [9.17, 15) is 14.4 Å². The molecule has 0 heterocycles. The highest BCUT2D eigenvalue weighted by atomic mass is 35.5. The fraction of sp³-hybridized carbons (Fsp3) is 0.357. The Morgan fingerprint density at radius 2 is 1.86 bits per heavy atom. The lowest BCUT2D eigenvalue weighted by Crippen LogP contribution is -2.44. The summed E-state index contributed by atoms with van der Waals surface area (Å²) < 4.78 is 0. The van der Waals surface area contributed by atoms with Crippen LogP contribution < -0.4 is 16.4 Å². The van der Waals surface area contributed by atoms with Crippen LogP contribution in [0.1, 0.15) is 23.2 Å². The van der Waals surface area contributed by atoms with Crippen molar-refractivity contribution in [2.75, 3.05) is 12.4 Å². The van der Waals surface area contributed by atoms with Gasteiger partial charge in [0.05, 0.1) is 0 Å². The van der Waals surface area contributed by atoms with Gasteiger partial charge in [0.15, 0.2) is 0 Å². The van der Waals surface area contributed by atoms with E-state index < -0.39 is 11.9 Å². The molecule has 0 radical (unpaired) electrons. The summed E-state index contributed by atoms with van der Waals surface area (Å²) in [5.74, 6) is -1.35. The predicted molar refractivity (Wildman–Crippen MR) is 79.9 cm³/mol. The lowest BCUT2D eigenvalue weighted by atomic mass is 10.1. The van der Waals surface area contributed by atoms with E-state index in [0.717, 1.165) is 0 Å². The fourth-order valence-electron chi connectivity index (χ4n) is 1.70. The molecule has 4 N–H and O–H groups in total. The maximum Gasteiger partial charge on any atom is 0.251 e. The number of halogens is 1. The Balaban J connectivity index is 2.45. The molecule has 0 aliphatic heterocycles. The molecule has 0 aliphatic carbocycles. The highest BCUT2D eigenvalue weighted by molar-refractivity contribution is 6.27. The number of nitrogens with one attached hydrogen (secondary N) is 2. The zero-order valence-electron chi connectivity index (χ0n) is 11.5. The van der Waals surface area contributed by atoms with Crippen molar-refractivity contribution in [3.8, 4) is 0 Å². The van der Waals surface area contributed by atoms with E-state index in [1.165, 1.54) is 0 Å². The Bertz CT molecular complexity index is 493. The van der Waals surface area contributed by atoms with Crippen LogP contribution in [0.5, 0.6) is 0 Å². The SMILES string of the molecule is NC(=O)[C@@H](CCCNC(=O)CCl)NC(=O)c1ccccc1. The van der Waals surface area contributed by atoms with Crippen molar-refractivity contribution in [2.45, 2.75) is 18.9 Å². The maximum absolute atomic E-state index is 11.9. The number of rotatable bonds is 8. The third-order valence-electron chi connectivity index (χ3n) is 2.80. The third kappa shape index (κ3) is 6.27. The van der Waals surface area contributed by atoms with E-state index in [4.69, 9.17) is 17.3 Å². The lowest BCUT2D eigenvalue weighted by Gasteiger charge is -2.15. The van der Waals surface area contributed by atoms with Crippen LogP contribution in [0, 0.1) is 0 Å². The first-order chi connectivity index (χ1) is 10.0. The van der Waals surface area contributed by atoms with Crippen LogP contribution in [0.4, 0.5) is 0 Å². The van der Waals surface area contributed by atoms with Crippen molar-refractivity contribution in [1.82, 2.24) is 10.6 Å². The molecule has 1 rings (SSSR count). The molecule has 6 nitrogen and oxygen atoms in total. The summed E-state index contributed by atoms with van der Waals surface area (Å²) in [7, 11) is 0. The number of primary amides is 1. The molecule has 7 heteroatoms. The number of nitrogens with two attached hydrogens (primary N) is 1. The highest BCUT2D eigenvalue weighted by Crippen LogP contribution is 2.02. The van der Waals surface area contributed by atoms with Crippen LogP contribution in [0.3, 0.4) is 0 Å². The Kier molecular flexibility index (Phi) is 7.25. The highest BCUT2D eigenvalue weighted by Gasteiger charge is 2.18. The van der Waals surface area contributed by atoms with E-state index in [-0.39, 0.29) is 17.7 Å². The Morgan fingerprint density at radius 3 is 2.43 bits per heavy atom.